The first-order valence-corrected chi connectivity index (χ1v) is 11.3. The summed E-state index contributed by atoms with van der Waals surface area (Å²) in [4.78, 5) is 8.88. The number of anilines is 1. The van der Waals surface area contributed by atoms with E-state index in [9.17, 15) is 8.42 Å². The van der Waals surface area contributed by atoms with Crippen molar-refractivity contribution in [2.75, 3.05) is 11.8 Å². The highest BCUT2D eigenvalue weighted by Crippen LogP contribution is 2.26. The number of aromatic nitrogens is 3. The summed E-state index contributed by atoms with van der Waals surface area (Å²) in [5.74, 6) is 2.81. The van der Waals surface area contributed by atoms with Gasteiger partial charge in [-0.25, -0.2) is 13.4 Å². The van der Waals surface area contributed by atoms with Gasteiger partial charge in [-0.3, -0.25) is 4.72 Å². The molecule has 0 unspecified atom stereocenters. The van der Waals surface area contributed by atoms with Crippen molar-refractivity contribution in [3.8, 4) is 23.2 Å². The van der Waals surface area contributed by atoms with E-state index in [0.29, 0.717) is 34.7 Å². The van der Waals surface area contributed by atoms with Gasteiger partial charge in [-0.05, 0) is 74.0 Å². The maximum absolute atomic E-state index is 12.7. The predicted octanol–water partition coefficient (Wildman–Crippen LogP) is 4.49. The minimum Gasteiger partial charge on any atom is -0.496 e. The topological polar surface area (TPSA) is 95.3 Å². The Morgan fingerprint density at radius 1 is 0.938 bits per heavy atom. The highest BCUT2D eigenvalue weighted by Gasteiger charge is 2.16. The molecule has 2 heterocycles. The van der Waals surface area contributed by atoms with Crippen LogP contribution in [0.4, 0.5) is 5.69 Å². The van der Waals surface area contributed by atoms with Crippen LogP contribution in [0.2, 0.25) is 0 Å². The maximum Gasteiger partial charge on any atom is 0.261 e. The Morgan fingerprint density at radius 2 is 1.66 bits per heavy atom. The van der Waals surface area contributed by atoms with Gasteiger partial charge in [-0.1, -0.05) is 0 Å². The molecule has 8 nitrogen and oxygen atoms in total. The molecule has 0 aliphatic heterocycles. The fourth-order valence-electron chi connectivity index (χ4n) is 3.14. The van der Waals surface area contributed by atoms with Crippen molar-refractivity contribution >= 4 is 15.7 Å². The molecule has 0 aliphatic rings. The molecular formula is C23H22N4O4S. The summed E-state index contributed by atoms with van der Waals surface area (Å²) in [7, 11) is -2.19. The summed E-state index contributed by atoms with van der Waals surface area (Å²) in [5.41, 5.74) is 1.15. The number of hydrogen-bond acceptors (Lipinski definition) is 6. The highest BCUT2D eigenvalue weighted by atomic mass is 32.2. The molecule has 0 saturated heterocycles. The van der Waals surface area contributed by atoms with Crippen LogP contribution in [0.5, 0.6) is 17.4 Å². The first-order valence-electron chi connectivity index (χ1n) is 9.78. The Labute approximate surface area is 186 Å². The first kappa shape index (κ1) is 21.4. The largest absolute Gasteiger partial charge is 0.496 e. The fraction of sp³-hybridized carbons (Fsp3) is 0.130. The molecule has 9 heteroatoms. The third kappa shape index (κ3) is 4.73. The van der Waals surface area contributed by atoms with Gasteiger partial charge >= 0.3 is 0 Å². The summed E-state index contributed by atoms with van der Waals surface area (Å²) >= 11 is 0. The average molecular weight is 451 g/mol. The van der Waals surface area contributed by atoms with E-state index in [-0.39, 0.29) is 4.90 Å². The molecular weight excluding hydrogens is 428 g/mol. The maximum atomic E-state index is 12.7. The quantitative estimate of drug-likeness (QED) is 0.446. The molecule has 4 rings (SSSR count). The van der Waals surface area contributed by atoms with Gasteiger partial charge in [0.05, 0.1) is 12.0 Å². The van der Waals surface area contributed by atoms with E-state index in [1.807, 2.05) is 29.1 Å². The lowest BCUT2D eigenvalue weighted by atomic mass is 10.2. The molecule has 32 heavy (non-hydrogen) atoms. The van der Waals surface area contributed by atoms with E-state index in [1.54, 1.807) is 63.4 Å². The van der Waals surface area contributed by atoms with Crippen molar-refractivity contribution in [3.05, 3.63) is 84.4 Å². The third-order valence-electron chi connectivity index (χ3n) is 4.68. The SMILES string of the molecule is COc1ccc(S(=O)(=O)Nc2ccc(Oc3cc(-n4cccc4)nc(C)n3)cc2)cc1C. The minimum absolute atomic E-state index is 0.158. The number of nitrogens with one attached hydrogen (secondary N) is 1. The van der Waals surface area contributed by atoms with Gasteiger partial charge in [0.15, 0.2) is 0 Å². The van der Waals surface area contributed by atoms with Crippen LogP contribution < -0.4 is 14.2 Å². The van der Waals surface area contributed by atoms with Crippen LogP contribution in [0.1, 0.15) is 11.4 Å². The van der Waals surface area contributed by atoms with E-state index < -0.39 is 10.0 Å². The Morgan fingerprint density at radius 3 is 2.31 bits per heavy atom. The molecule has 0 saturated carbocycles. The fourth-order valence-corrected chi connectivity index (χ4v) is 4.28. The van der Waals surface area contributed by atoms with Crippen molar-refractivity contribution in [1.29, 1.82) is 0 Å². The van der Waals surface area contributed by atoms with Crippen LogP contribution in [-0.2, 0) is 10.0 Å². The average Bonchev–Trinajstić information content (AvgIpc) is 3.29. The molecule has 0 atom stereocenters. The van der Waals surface area contributed by atoms with Crippen LogP contribution in [0.3, 0.4) is 0 Å². The van der Waals surface area contributed by atoms with Gasteiger partial charge in [-0.15, -0.1) is 0 Å². The Balaban J connectivity index is 1.50. The number of ether oxygens (including phenoxy) is 2. The number of aryl methyl sites for hydroxylation is 2. The molecule has 1 N–H and O–H groups in total. The first-order chi connectivity index (χ1) is 15.3. The zero-order chi connectivity index (χ0) is 22.7. The second-order valence-corrected chi connectivity index (χ2v) is 8.75. The summed E-state index contributed by atoms with van der Waals surface area (Å²) in [6.07, 6.45) is 3.77. The molecule has 0 spiro atoms. The molecule has 2 aromatic carbocycles. The van der Waals surface area contributed by atoms with E-state index in [0.717, 1.165) is 5.56 Å². The Kier molecular flexibility index (Phi) is 5.83. The van der Waals surface area contributed by atoms with E-state index >= 15 is 0 Å². The second-order valence-electron chi connectivity index (χ2n) is 7.07. The molecule has 2 aromatic heterocycles. The Hall–Kier alpha value is -3.85. The monoisotopic (exact) mass is 450 g/mol. The lowest BCUT2D eigenvalue weighted by molar-refractivity contribution is 0.411. The number of sulfonamides is 1. The van der Waals surface area contributed by atoms with Gasteiger partial charge in [0, 0.05) is 24.1 Å². The summed E-state index contributed by atoms with van der Waals surface area (Å²) in [6.45, 7) is 3.58. The van der Waals surface area contributed by atoms with E-state index in [1.165, 1.54) is 6.07 Å². The third-order valence-corrected chi connectivity index (χ3v) is 6.05. The van der Waals surface area contributed by atoms with Crippen molar-refractivity contribution < 1.29 is 17.9 Å². The smallest absolute Gasteiger partial charge is 0.261 e. The molecule has 0 aliphatic carbocycles. The van der Waals surface area contributed by atoms with Crippen LogP contribution in [0.25, 0.3) is 5.82 Å². The number of benzene rings is 2. The van der Waals surface area contributed by atoms with Gasteiger partial charge < -0.3 is 14.0 Å². The predicted molar refractivity (Wildman–Crippen MR) is 121 cm³/mol. The zero-order valence-electron chi connectivity index (χ0n) is 17.8. The summed E-state index contributed by atoms with van der Waals surface area (Å²) in [6, 6.07) is 16.9. The van der Waals surface area contributed by atoms with E-state index in [4.69, 9.17) is 9.47 Å². The zero-order valence-corrected chi connectivity index (χ0v) is 18.6. The molecule has 4 aromatic rings. The molecule has 164 valence electrons. The van der Waals surface area contributed by atoms with E-state index in [2.05, 4.69) is 14.7 Å². The van der Waals surface area contributed by atoms with Crippen molar-refractivity contribution in [3.63, 3.8) is 0 Å². The van der Waals surface area contributed by atoms with Gasteiger partial charge in [0.25, 0.3) is 10.0 Å². The molecule has 0 radical (unpaired) electrons. The molecule has 0 bridgehead atoms. The van der Waals surface area contributed by atoms with Gasteiger partial charge in [-0.2, -0.15) is 4.98 Å². The number of hydrogen-bond donors (Lipinski definition) is 1. The number of nitrogens with zero attached hydrogens (tertiary/aromatic N) is 3. The van der Waals surface area contributed by atoms with Crippen LogP contribution in [0.15, 0.2) is 78.0 Å². The molecule has 0 fully saturated rings. The Bertz CT molecular complexity index is 1340. The number of rotatable bonds is 7. The lowest BCUT2D eigenvalue weighted by Crippen LogP contribution is -2.13. The normalized spacial score (nSPS) is 11.2. The highest BCUT2D eigenvalue weighted by molar-refractivity contribution is 7.92. The second kappa shape index (κ2) is 8.72. The standard InChI is InChI=1S/C23H22N4O4S/c1-16-14-20(10-11-21(16)30-3)32(28,29)26-18-6-8-19(9-7-18)31-23-15-22(24-17(2)25-23)27-12-4-5-13-27/h4-15,26H,1-3H3. The van der Waals surface area contributed by atoms with Crippen molar-refractivity contribution in [2.24, 2.45) is 0 Å². The van der Waals surface area contributed by atoms with Crippen LogP contribution in [0, 0.1) is 13.8 Å². The van der Waals surface area contributed by atoms with Gasteiger partial charge in [0.1, 0.15) is 23.1 Å². The minimum atomic E-state index is -3.74. The van der Waals surface area contributed by atoms with Gasteiger partial charge in [0.2, 0.25) is 5.88 Å². The van der Waals surface area contributed by atoms with Crippen molar-refractivity contribution in [1.82, 2.24) is 14.5 Å². The molecule has 0 amide bonds. The number of methoxy groups -OCH3 is 1. The van der Waals surface area contributed by atoms with Crippen LogP contribution in [-0.4, -0.2) is 30.1 Å². The van der Waals surface area contributed by atoms with Crippen LogP contribution >= 0.6 is 0 Å². The lowest BCUT2D eigenvalue weighted by Gasteiger charge is -2.12. The summed E-state index contributed by atoms with van der Waals surface area (Å²) < 4.78 is 40.9. The summed E-state index contributed by atoms with van der Waals surface area (Å²) in [5, 5.41) is 0. The van der Waals surface area contributed by atoms with Crippen molar-refractivity contribution in [2.45, 2.75) is 18.7 Å².